The van der Waals surface area contributed by atoms with E-state index in [0.717, 1.165) is 6.21 Å². The Morgan fingerprint density at radius 2 is 1.79 bits per heavy atom. The summed E-state index contributed by atoms with van der Waals surface area (Å²) in [6.07, 6.45) is 1.15. The minimum absolute atomic E-state index is 0.0267. The molecule has 0 unspecified atom stereocenters. The molecule has 0 saturated carbocycles. The summed E-state index contributed by atoms with van der Waals surface area (Å²) in [5.74, 6) is -3.05. The molecule has 0 aliphatic carbocycles. The molecule has 0 aliphatic rings. The highest BCUT2D eigenvalue weighted by atomic mass is 35.5. The van der Waals surface area contributed by atoms with Gasteiger partial charge >= 0.3 is 17.8 Å². The van der Waals surface area contributed by atoms with Gasteiger partial charge in [-0.2, -0.15) is 5.10 Å². The third kappa shape index (κ3) is 4.65. The van der Waals surface area contributed by atoms with Crippen LogP contribution in [0, 0.1) is 0 Å². The highest BCUT2D eigenvalue weighted by Gasteiger charge is 2.13. The van der Waals surface area contributed by atoms with Crippen molar-refractivity contribution >= 4 is 41.3 Å². The maximum Gasteiger partial charge on any atom is 0.336 e. The Labute approximate surface area is 141 Å². The maximum atomic E-state index is 11.7. The van der Waals surface area contributed by atoms with Crippen molar-refractivity contribution in [1.82, 2.24) is 5.43 Å². The molecule has 24 heavy (non-hydrogen) atoms. The second-order valence-electron chi connectivity index (χ2n) is 4.56. The van der Waals surface area contributed by atoms with Gasteiger partial charge in [-0.25, -0.2) is 10.2 Å². The quantitative estimate of drug-likeness (QED) is 0.448. The number of halogens is 1. The molecule has 2 aromatic rings. The van der Waals surface area contributed by atoms with Crippen molar-refractivity contribution < 1.29 is 19.5 Å². The Morgan fingerprint density at radius 3 is 2.50 bits per heavy atom. The molecule has 0 saturated heterocycles. The van der Waals surface area contributed by atoms with Crippen LogP contribution in [-0.4, -0.2) is 29.1 Å². The van der Waals surface area contributed by atoms with E-state index >= 15 is 0 Å². The van der Waals surface area contributed by atoms with Gasteiger partial charge in [-0.1, -0.05) is 35.9 Å². The fraction of sp³-hybridized carbons (Fsp3) is 0. The third-order valence-corrected chi connectivity index (χ3v) is 3.08. The van der Waals surface area contributed by atoms with Crippen LogP contribution in [0.4, 0.5) is 5.69 Å². The van der Waals surface area contributed by atoms with E-state index in [4.69, 9.17) is 16.7 Å². The van der Waals surface area contributed by atoms with Gasteiger partial charge in [0.1, 0.15) is 0 Å². The number of hydrogen-bond acceptors (Lipinski definition) is 4. The Hall–Kier alpha value is -3.19. The molecule has 0 aromatic heterocycles. The average molecular weight is 346 g/mol. The summed E-state index contributed by atoms with van der Waals surface area (Å²) in [5, 5.41) is 15.4. The third-order valence-electron chi connectivity index (χ3n) is 2.85. The lowest BCUT2D eigenvalue weighted by Crippen LogP contribution is -2.32. The summed E-state index contributed by atoms with van der Waals surface area (Å²) in [6.45, 7) is 0. The SMILES string of the molecule is O=C(N/N=C\c1ccccc1C(=O)O)C(=O)Nc1cccc(Cl)c1. The van der Waals surface area contributed by atoms with E-state index in [-0.39, 0.29) is 5.56 Å². The Bertz CT molecular complexity index is 820. The van der Waals surface area contributed by atoms with E-state index in [0.29, 0.717) is 16.3 Å². The normalized spacial score (nSPS) is 10.4. The molecule has 7 nitrogen and oxygen atoms in total. The van der Waals surface area contributed by atoms with Crippen LogP contribution in [0.1, 0.15) is 15.9 Å². The van der Waals surface area contributed by atoms with Gasteiger partial charge in [0.05, 0.1) is 11.8 Å². The van der Waals surface area contributed by atoms with Gasteiger partial charge in [0.2, 0.25) is 0 Å². The molecule has 2 aromatic carbocycles. The van der Waals surface area contributed by atoms with E-state index in [9.17, 15) is 14.4 Å². The zero-order chi connectivity index (χ0) is 17.5. The van der Waals surface area contributed by atoms with Gasteiger partial charge in [0, 0.05) is 16.3 Å². The smallest absolute Gasteiger partial charge is 0.336 e. The fourth-order valence-electron chi connectivity index (χ4n) is 1.77. The zero-order valence-electron chi connectivity index (χ0n) is 12.2. The molecule has 0 fully saturated rings. The lowest BCUT2D eigenvalue weighted by atomic mass is 10.1. The number of nitrogens with zero attached hydrogens (tertiary/aromatic N) is 1. The number of rotatable bonds is 4. The van der Waals surface area contributed by atoms with E-state index in [1.807, 2.05) is 5.43 Å². The minimum Gasteiger partial charge on any atom is -0.478 e. The molecule has 2 rings (SSSR count). The summed E-state index contributed by atoms with van der Waals surface area (Å²) >= 11 is 5.78. The van der Waals surface area contributed by atoms with E-state index in [2.05, 4.69) is 10.4 Å². The Morgan fingerprint density at radius 1 is 1.04 bits per heavy atom. The van der Waals surface area contributed by atoms with Crippen LogP contribution >= 0.6 is 11.6 Å². The number of nitrogens with one attached hydrogen (secondary N) is 2. The summed E-state index contributed by atoms with van der Waals surface area (Å²) in [4.78, 5) is 34.4. The molecule has 0 bridgehead atoms. The van der Waals surface area contributed by atoms with Crippen molar-refractivity contribution in [2.75, 3.05) is 5.32 Å². The van der Waals surface area contributed by atoms with Gasteiger partial charge in [-0.15, -0.1) is 0 Å². The van der Waals surface area contributed by atoms with Crippen molar-refractivity contribution in [1.29, 1.82) is 0 Å². The minimum atomic E-state index is -1.12. The standard InChI is InChI=1S/C16H12ClN3O4/c17-11-5-3-6-12(8-11)19-14(21)15(22)20-18-9-10-4-1-2-7-13(10)16(23)24/h1-9H,(H,19,21)(H,20,22)(H,23,24)/b18-9-. The van der Waals surface area contributed by atoms with Gasteiger partial charge in [-0.3, -0.25) is 9.59 Å². The summed E-state index contributed by atoms with van der Waals surface area (Å²) in [5.41, 5.74) is 2.71. The highest BCUT2D eigenvalue weighted by Crippen LogP contribution is 2.14. The number of carboxylic acid groups (broad SMARTS) is 1. The molecule has 3 N–H and O–H groups in total. The second kappa shape index (κ2) is 7.89. The highest BCUT2D eigenvalue weighted by molar-refractivity contribution is 6.39. The average Bonchev–Trinajstić information content (AvgIpc) is 2.55. The molecule has 122 valence electrons. The van der Waals surface area contributed by atoms with Crippen molar-refractivity contribution in [2.45, 2.75) is 0 Å². The fourth-order valence-corrected chi connectivity index (χ4v) is 1.96. The molecular formula is C16H12ClN3O4. The summed E-state index contributed by atoms with van der Waals surface area (Å²) in [6, 6.07) is 12.4. The molecule has 0 atom stereocenters. The molecule has 2 amide bonds. The predicted octanol–water partition coefficient (Wildman–Crippen LogP) is 2.13. The number of anilines is 1. The number of carbonyl (C=O) groups excluding carboxylic acids is 2. The molecule has 8 heteroatoms. The monoisotopic (exact) mass is 345 g/mol. The molecule has 0 spiro atoms. The maximum absolute atomic E-state index is 11.7. The number of hydrazone groups is 1. The van der Waals surface area contributed by atoms with E-state index in [1.54, 1.807) is 30.3 Å². The molecular weight excluding hydrogens is 334 g/mol. The number of carbonyl (C=O) groups is 3. The predicted molar refractivity (Wildman–Crippen MR) is 89.2 cm³/mol. The number of aromatic carboxylic acids is 1. The van der Waals surface area contributed by atoms with Crippen LogP contribution in [-0.2, 0) is 9.59 Å². The van der Waals surface area contributed by atoms with Crippen molar-refractivity contribution in [2.24, 2.45) is 5.10 Å². The van der Waals surface area contributed by atoms with Crippen LogP contribution in [0.5, 0.6) is 0 Å². The summed E-state index contributed by atoms with van der Waals surface area (Å²) in [7, 11) is 0. The first kappa shape index (κ1) is 17.2. The van der Waals surface area contributed by atoms with Gasteiger partial charge in [-0.05, 0) is 24.3 Å². The largest absolute Gasteiger partial charge is 0.478 e. The van der Waals surface area contributed by atoms with Gasteiger partial charge in [0.15, 0.2) is 0 Å². The van der Waals surface area contributed by atoms with E-state index in [1.165, 1.54) is 18.2 Å². The first-order chi connectivity index (χ1) is 11.5. The number of hydrogen-bond donors (Lipinski definition) is 3. The van der Waals surface area contributed by atoms with Crippen LogP contribution < -0.4 is 10.7 Å². The van der Waals surface area contributed by atoms with Crippen LogP contribution in [0.15, 0.2) is 53.6 Å². The number of carboxylic acids is 1. The number of benzene rings is 2. The number of amides is 2. The summed E-state index contributed by atoms with van der Waals surface area (Å²) < 4.78 is 0. The molecule has 0 heterocycles. The lowest BCUT2D eigenvalue weighted by molar-refractivity contribution is -0.136. The topological polar surface area (TPSA) is 108 Å². The van der Waals surface area contributed by atoms with Crippen molar-refractivity contribution in [3.8, 4) is 0 Å². The molecule has 0 aliphatic heterocycles. The van der Waals surface area contributed by atoms with Gasteiger partial charge < -0.3 is 10.4 Å². The van der Waals surface area contributed by atoms with E-state index < -0.39 is 17.8 Å². The van der Waals surface area contributed by atoms with Gasteiger partial charge in [0.25, 0.3) is 0 Å². The first-order valence-electron chi connectivity index (χ1n) is 6.69. The Kier molecular flexibility index (Phi) is 5.64. The van der Waals surface area contributed by atoms with Crippen molar-refractivity contribution in [3.05, 3.63) is 64.7 Å². The lowest BCUT2D eigenvalue weighted by Gasteiger charge is -2.04. The zero-order valence-corrected chi connectivity index (χ0v) is 12.9. The van der Waals surface area contributed by atoms with Crippen molar-refractivity contribution in [3.63, 3.8) is 0 Å². The van der Waals surface area contributed by atoms with Crippen LogP contribution in [0.2, 0.25) is 5.02 Å². The van der Waals surface area contributed by atoms with Crippen LogP contribution in [0.3, 0.4) is 0 Å². The Balaban J connectivity index is 1.98. The second-order valence-corrected chi connectivity index (χ2v) is 4.99. The molecule has 0 radical (unpaired) electrons. The first-order valence-corrected chi connectivity index (χ1v) is 7.07. The van der Waals surface area contributed by atoms with Crippen LogP contribution in [0.25, 0.3) is 0 Å².